The van der Waals surface area contributed by atoms with Crippen molar-refractivity contribution in [3.8, 4) is 0 Å². The van der Waals surface area contributed by atoms with Crippen LogP contribution in [-0.2, 0) is 58.6 Å². The smallest absolute Gasteiger partial charge is 0.693 e. The molecule has 1 aromatic rings. The molecule has 0 aliphatic rings. The van der Waals surface area contributed by atoms with Crippen LogP contribution in [0.25, 0.3) is 24.6 Å². The van der Waals surface area contributed by atoms with Crippen molar-refractivity contribution < 1.29 is 67.5 Å². The van der Waals surface area contributed by atoms with Crippen molar-refractivity contribution in [2.75, 3.05) is 6.54 Å². The molecule has 0 saturated carbocycles. The van der Waals surface area contributed by atoms with Gasteiger partial charge >= 0.3 is 88.5 Å². The molecular weight excluding hydrogens is 942 g/mol. The molecule has 0 radical (unpaired) electrons. The molecule has 0 bridgehead atoms. The van der Waals surface area contributed by atoms with Crippen molar-refractivity contribution in [2.24, 2.45) is 0 Å². The van der Waals surface area contributed by atoms with Gasteiger partial charge in [-0.2, -0.15) is 0 Å². The zero-order chi connectivity index (χ0) is 25.2. The molecule has 12 N–H and O–H groups in total. The molecule has 0 aliphatic heterocycles. The number of nitrogens with two attached hydrogens (primary N) is 4. The molecule has 12 nitrogen and oxygen atoms in total. The summed E-state index contributed by atoms with van der Waals surface area (Å²) in [6.07, 6.45) is 1.92. The fourth-order valence-corrected chi connectivity index (χ4v) is 1.86. The Morgan fingerprint density at radius 3 is 1.51 bits per heavy atom. The molecule has 37 heavy (non-hydrogen) atoms. The van der Waals surface area contributed by atoms with Crippen molar-refractivity contribution in [2.45, 2.75) is 44.9 Å². The maximum Gasteiger partial charge on any atom is -0.693 e. The summed E-state index contributed by atoms with van der Waals surface area (Å²) >= 11 is -0.944. The molecule has 1 amide bonds. The van der Waals surface area contributed by atoms with Crippen LogP contribution in [0.4, 0.5) is 0 Å². The summed E-state index contributed by atoms with van der Waals surface area (Å²) in [5.74, 6) is -3.01. The molecule has 0 saturated heterocycles. The number of nitrogens with one attached hydrogen (secondary N) is 1. The summed E-state index contributed by atoms with van der Waals surface area (Å²) in [4.78, 5) is 41.2. The fraction of sp³-hybridized carbons (Fsp3) is 0.421. The molecule has 18 heteroatoms. The molecule has 230 valence electrons. The number of benzene rings is 1. The second kappa shape index (κ2) is 45.4. The Kier molecular flexibility index (Phi) is 69.5. The molecular formula is C19H36Cl4N5O7Pt2-3. The standard InChI is InChI=1S/C10H12O2.C8H13NO5.CH3.4ClH.4H2N.2Pt/c11-10(12)8-4-7-9-5-2-1-3-6-9;10-6(3-4-8(13)14)9-5-1-2-7(11)12;;;;;;;;;;;/h1-3,5-6H,4,7-8H2,(H,11,12);1-5H2,(H,9,10)(H,11,12)(H,13,14);1H3;4*1H;4*1H2;;/q;;-1;;;;;4*-1;+2;+4/p-4. The van der Waals surface area contributed by atoms with Crippen LogP contribution >= 0.6 is 37.7 Å². The quantitative estimate of drug-likeness (QED) is 0.125. The number of amides is 1. The molecule has 0 aromatic heterocycles. The van der Waals surface area contributed by atoms with Crippen LogP contribution in [0.5, 0.6) is 0 Å². The van der Waals surface area contributed by atoms with Gasteiger partial charge in [-0.1, -0.05) is 30.3 Å². The first kappa shape index (κ1) is 56.6. The van der Waals surface area contributed by atoms with Crippen molar-refractivity contribution in [3.05, 3.63) is 67.9 Å². The molecule has 0 unspecified atom stereocenters. The van der Waals surface area contributed by atoms with Crippen LogP contribution in [0.2, 0.25) is 0 Å². The van der Waals surface area contributed by atoms with E-state index in [1.165, 1.54) is 5.56 Å². The first-order valence-corrected chi connectivity index (χ1v) is 20.0. The first-order chi connectivity index (χ1) is 15.1. The van der Waals surface area contributed by atoms with Crippen LogP contribution in [-0.4, -0.2) is 45.7 Å². The van der Waals surface area contributed by atoms with Crippen molar-refractivity contribution in [1.82, 2.24) is 5.32 Å². The molecule has 1 rings (SSSR count). The van der Waals surface area contributed by atoms with Gasteiger partial charge in [0.1, 0.15) is 0 Å². The molecule has 0 heterocycles. The third kappa shape index (κ3) is 61.3. The fourth-order valence-electron chi connectivity index (χ4n) is 1.86. The van der Waals surface area contributed by atoms with Gasteiger partial charge in [-0.25, -0.2) is 0 Å². The van der Waals surface area contributed by atoms with Crippen LogP contribution in [0.15, 0.2) is 30.3 Å². The number of aryl methyl sites for hydroxylation is 1. The predicted octanol–water partition coefficient (Wildman–Crippen LogP) is 8.00. The van der Waals surface area contributed by atoms with Crippen LogP contribution in [0, 0.1) is 7.43 Å². The molecule has 0 fully saturated rings. The number of carbonyl (C=O) groups is 4. The molecule has 0 atom stereocenters. The maximum atomic E-state index is 10.9. The average molecular weight is 978 g/mol. The minimum absolute atomic E-state index is 0. The number of halogens is 4. The Hall–Kier alpha value is -0.523. The Morgan fingerprint density at radius 2 is 1.14 bits per heavy atom. The van der Waals surface area contributed by atoms with E-state index in [4.69, 9.17) is 53.0 Å². The number of hydrogen-bond acceptors (Lipinski definition) is 4. The van der Waals surface area contributed by atoms with E-state index in [1.54, 1.807) is 0 Å². The zero-order valence-corrected chi connectivity index (χ0v) is 27.5. The van der Waals surface area contributed by atoms with Gasteiger partial charge in [0.2, 0.25) is 5.91 Å². The predicted molar refractivity (Wildman–Crippen MR) is 145 cm³/mol. The number of aliphatic carboxylic acids is 3. The van der Waals surface area contributed by atoms with E-state index in [0.29, 0.717) is 6.42 Å². The van der Waals surface area contributed by atoms with Gasteiger partial charge in [0.15, 0.2) is 0 Å². The largest absolute Gasteiger partial charge is 0.693 e. The van der Waals surface area contributed by atoms with Crippen molar-refractivity contribution in [1.29, 1.82) is 0 Å². The number of carbonyl (C=O) groups excluding carboxylic acids is 1. The van der Waals surface area contributed by atoms with E-state index >= 15 is 0 Å². The number of carboxylic acid groups (broad SMARTS) is 3. The van der Waals surface area contributed by atoms with Gasteiger partial charge in [0, 0.05) is 25.8 Å². The van der Waals surface area contributed by atoms with Crippen molar-refractivity contribution in [3.63, 3.8) is 0 Å². The van der Waals surface area contributed by atoms with Gasteiger partial charge < -0.3 is 52.7 Å². The van der Waals surface area contributed by atoms with Gasteiger partial charge in [0.25, 0.3) is 0 Å². The second-order valence-electron chi connectivity index (χ2n) is 5.56. The van der Waals surface area contributed by atoms with Crippen LogP contribution < -0.4 is 5.32 Å². The number of rotatable bonds is 11. The van der Waals surface area contributed by atoms with E-state index in [0.717, 1.165) is 12.8 Å². The molecule has 0 spiro atoms. The minimum atomic E-state index is -1.02. The van der Waals surface area contributed by atoms with Crippen LogP contribution in [0.1, 0.15) is 44.1 Å². The Morgan fingerprint density at radius 1 is 0.757 bits per heavy atom. The zero-order valence-electron chi connectivity index (χ0n) is 20.0. The summed E-state index contributed by atoms with van der Waals surface area (Å²) in [6.45, 7) is 0.269. The monoisotopic (exact) mass is 976 g/mol. The summed E-state index contributed by atoms with van der Waals surface area (Å²) in [5, 5.41) is 27.3. The summed E-state index contributed by atoms with van der Waals surface area (Å²) in [5.41, 5.74) is 1.21. The first-order valence-electron chi connectivity index (χ1n) is 8.75. The van der Waals surface area contributed by atoms with Gasteiger partial charge in [0.05, 0.1) is 6.42 Å². The van der Waals surface area contributed by atoms with Gasteiger partial charge in [-0.15, -0.1) is 0 Å². The minimum Gasteiger partial charge on any atom is -0.693 e. The third-order valence-electron chi connectivity index (χ3n) is 3.15. The third-order valence-corrected chi connectivity index (χ3v) is 3.15. The molecule has 0 aliphatic carbocycles. The van der Waals surface area contributed by atoms with Gasteiger partial charge in [-0.05, 0) is 24.8 Å². The number of carboxylic acids is 3. The second-order valence-corrected chi connectivity index (χ2v) is 12.1. The van der Waals surface area contributed by atoms with E-state index in [-0.39, 0.29) is 70.2 Å². The Bertz CT molecular complexity index is 642. The van der Waals surface area contributed by atoms with Crippen molar-refractivity contribution >= 4 is 61.5 Å². The average Bonchev–Trinajstić information content (AvgIpc) is 2.72. The van der Waals surface area contributed by atoms with E-state index in [1.807, 2.05) is 30.3 Å². The summed E-state index contributed by atoms with van der Waals surface area (Å²) in [7, 11) is 19.5. The maximum absolute atomic E-state index is 10.9. The molecule has 1 aromatic carbocycles. The topological polar surface area (TPSA) is 275 Å². The number of hydrogen-bond donors (Lipinski definition) is 4. The normalized spacial score (nSPS) is 7.89. The van der Waals surface area contributed by atoms with E-state index in [9.17, 15) is 19.2 Å². The van der Waals surface area contributed by atoms with E-state index < -0.39 is 50.9 Å². The Labute approximate surface area is 252 Å². The van der Waals surface area contributed by atoms with Crippen LogP contribution in [0.3, 0.4) is 0 Å². The Balaban J connectivity index is -0.0000000562. The van der Waals surface area contributed by atoms with E-state index in [2.05, 4.69) is 5.32 Å². The summed E-state index contributed by atoms with van der Waals surface area (Å²) in [6, 6.07) is 9.93. The summed E-state index contributed by atoms with van der Waals surface area (Å²) < 4.78 is 0. The SMILES string of the molecule is O=C(O)CCCNC(=O)CCC(=O)O.O=C(O)CCCc1ccccc1.[CH3-].[Cl][Pt+2][Cl].[Cl][Pt][Cl].[NH2-].[NH2-].[NH2-].[NH2-]. The van der Waals surface area contributed by atoms with Gasteiger partial charge in [-0.3, -0.25) is 19.2 Å².